The van der Waals surface area contributed by atoms with Crippen LogP contribution in [0.25, 0.3) is 10.9 Å². The number of ether oxygens (including phenoxy) is 1. The van der Waals surface area contributed by atoms with Crippen molar-refractivity contribution in [3.8, 4) is 5.75 Å². The van der Waals surface area contributed by atoms with Crippen LogP contribution in [0.3, 0.4) is 0 Å². The average molecular weight is 391 g/mol. The van der Waals surface area contributed by atoms with E-state index in [1.54, 1.807) is 0 Å². The van der Waals surface area contributed by atoms with Gasteiger partial charge in [-0.15, -0.1) is 0 Å². The van der Waals surface area contributed by atoms with Crippen molar-refractivity contribution >= 4 is 10.9 Å². The van der Waals surface area contributed by atoms with Gasteiger partial charge in [0.15, 0.2) is 0 Å². The molecule has 1 aliphatic heterocycles. The fraction of sp³-hybridized carbons (Fsp3) is 0.462. The topological polar surface area (TPSA) is 17.4 Å². The maximum absolute atomic E-state index is 5.88. The molecular weight excluding hydrogens is 356 g/mol. The van der Waals surface area contributed by atoms with E-state index >= 15 is 0 Å². The minimum Gasteiger partial charge on any atom is -0.494 e. The van der Waals surface area contributed by atoms with Crippen LogP contribution in [-0.4, -0.2) is 35.7 Å². The number of fused-ring (bicyclic) bond motifs is 1. The molecule has 154 valence electrons. The van der Waals surface area contributed by atoms with Crippen LogP contribution in [0.1, 0.15) is 38.2 Å². The lowest BCUT2D eigenvalue weighted by Gasteiger charge is -2.32. The molecule has 1 saturated heterocycles. The Kier molecular flexibility index (Phi) is 6.89. The van der Waals surface area contributed by atoms with Gasteiger partial charge in [0.2, 0.25) is 0 Å². The second kappa shape index (κ2) is 9.98. The predicted molar refractivity (Wildman–Crippen MR) is 122 cm³/mol. The number of benzene rings is 2. The van der Waals surface area contributed by atoms with Crippen LogP contribution in [0.5, 0.6) is 5.75 Å². The normalized spacial score (nSPS) is 15.8. The number of piperidine rings is 1. The number of rotatable bonds is 9. The van der Waals surface area contributed by atoms with E-state index in [1.165, 1.54) is 61.8 Å². The zero-order valence-corrected chi connectivity index (χ0v) is 17.7. The zero-order valence-electron chi connectivity index (χ0n) is 17.7. The van der Waals surface area contributed by atoms with Crippen molar-refractivity contribution in [1.82, 2.24) is 9.47 Å². The largest absolute Gasteiger partial charge is 0.494 e. The van der Waals surface area contributed by atoms with Crippen LogP contribution in [0, 0.1) is 5.92 Å². The van der Waals surface area contributed by atoms with Crippen LogP contribution in [0.2, 0.25) is 0 Å². The van der Waals surface area contributed by atoms with Gasteiger partial charge in [0, 0.05) is 12.7 Å². The smallest absolute Gasteiger partial charge is 0.119 e. The first-order chi connectivity index (χ1) is 14.3. The summed E-state index contributed by atoms with van der Waals surface area (Å²) >= 11 is 0. The third kappa shape index (κ3) is 5.22. The molecule has 4 rings (SSSR count). The van der Waals surface area contributed by atoms with Gasteiger partial charge in [0.1, 0.15) is 5.75 Å². The van der Waals surface area contributed by atoms with E-state index < -0.39 is 0 Å². The summed E-state index contributed by atoms with van der Waals surface area (Å²) in [6.45, 7) is 7.90. The fourth-order valence-electron chi connectivity index (χ4n) is 4.64. The molecule has 29 heavy (non-hydrogen) atoms. The minimum absolute atomic E-state index is 0.815. The Morgan fingerprint density at radius 3 is 2.55 bits per heavy atom. The van der Waals surface area contributed by atoms with Crippen molar-refractivity contribution in [3.05, 3.63) is 66.4 Å². The van der Waals surface area contributed by atoms with Crippen LogP contribution >= 0.6 is 0 Å². The van der Waals surface area contributed by atoms with E-state index in [0.29, 0.717) is 0 Å². The van der Waals surface area contributed by atoms with E-state index in [-0.39, 0.29) is 0 Å². The summed E-state index contributed by atoms with van der Waals surface area (Å²) < 4.78 is 8.34. The van der Waals surface area contributed by atoms with Crippen LogP contribution < -0.4 is 4.74 Å². The van der Waals surface area contributed by atoms with E-state index in [1.807, 2.05) is 30.3 Å². The molecule has 1 fully saturated rings. The number of hydrogen-bond acceptors (Lipinski definition) is 2. The van der Waals surface area contributed by atoms with Gasteiger partial charge in [0.25, 0.3) is 0 Å². The second-order valence-corrected chi connectivity index (χ2v) is 8.31. The van der Waals surface area contributed by atoms with E-state index in [4.69, 9.17) is 4.74 Å². The Bertz CT molecular complexity index is 878. The highest BCUT2D eigenvalue weighted by atomic mass is 16.5. The number of aromatic nitrogens is 1. The fourth-order valence-corrected chi connectivity index (χ4v) is 4.64. The maximum atomic E-state index is 5.88. The van der Waals surface area contributed by atoms with Gasteiger partial charge in [-0.3, -0.25) is 0 Å². The number of hydrogen-bond donors (Lipinski definition) is 0. The van der Waals surface area contributed by atoms with Gasteiger partial charge in [-0.1, -0.05) is 43.3 Å². The summed E-state index contributed by atoms with van der Waals surface area (Å²) in [6.07, 6.45) is 8.39. The summed E-state index contributed by atoms with van der Waals surface area (Å²) in [4.78, 5) is 2.65. The quantitative estimate of drug-likeness (QED) is 0.461. The Balaban J connectivity index is 1.17. The van der Waals surface area contributed by atoms with Crippen LogP contribution in [0.15, 0.2) is 60.8 Å². The lowest BCUT2D eigenvalue weighted by molar-refractivity contribution is 0.160. The van der Waals surface area contributed by atoms with E-state index in [9.17, 15) is 0 Å². The number of para-hydroxylation sites is 2. The predicted octanol–water partition coefficient (Wildman–Crippen LogP) is 5.77. The molecule has 0 amide bonds. The molecule has 1 aliphatic rings. The lowest BCUT2D eigenvalue weighted by Crippen LogP contribution is -2.35. The monoisotopic (exact) mass is 390 g/mol. The SMILES string of the molecule is CCc1cccc2ccn(CCCN3CCC(CCOc4ccccc4)CC3)c12. The van der Waals surface area contributed by atoms with Crippen molar-refractivity contribution in [3.63, 3.8) is 0 Å². The Morgan fingerprint density at radius 2 is 1.76 bits per heavy atom. The van der Waals surface area contributed by atoms with Gasteiger partial charge in [-0.2, -0.15) is 0 Å². The number of aryl methyl sites for hydroxylation is 2. The molecule has 2 aromatic carbocycles. The molecule has 0 bridgehead atoms. The number of likely N-dealkylation sites (tertiary alicyclic amines) is 1. The van der Waals surface area contributed by atoms with Crippen molar-refractivity contribution in [2.45, 2.75) is 45.6 Å². The molecule has 1 aromatic heterocycles. The third-order valence-electron chi connectivity index (χ3n) is 6.37. The second-order valence-electron chi connectivity index (χ2n) is 8.31. The highest BCUT2D eigenvalue weighted by Gasteiger charge is 2.19. The van der Waals surface area contributed by atoms with Gasteiger partial charge in [-0.25, -0.2) is 0 Å². The highest BCUT2D eigenvalue weighted by Crippen LogP contribution is 2.23. The minimum atomic E-state index is 0.815. The van der Waals surface area contributed by atoms with Crippen molar-refractivity contribution in [2.75, 3.05) is 26.2 Å². The maximum Gasteiger partial charge on any atom is 0.119 e. The Hall–Kier alpha value is -2.26. The molecule has 3 heteroatoms. The Morgan fingerprint density at radius 1 is 0.931 bits per heavy atom. The van der Waals surface area contributed by atoms with Gasteiger partial charge in [0.05, 0.1) is 12.1 Å². The lowest BCUT2D eigenvalue weighted by atomic mass is 9.94. The zero-order chi connectivity index (χ0) is 19.9. The van der Waals surface area contributed by atoms with Crippen LogP contribution in [0.4, 0.5) is 0 Å². The molecule has 3 aromatic rings. The summed E-state index contributed by atoms with van der Waals surface area (Å²) in [5, 5.41) is 1.38. The molecule has 0 aliphatic carbocycles. The number of nitrogens with zero attached hydrogens (tertiary/aromatic N) is 2. The first-order valence-electron chi connectivity index (χ1n) is 11.3. The molecular formula is C26H34N2O. The van der Waals surface area contributed by atoms with Crippen molar-refractivity contribution in [2.24, 2.45) is 5.92 Å². The molecule has 0 unspecified atom stereocenters. The molecule has 0 saturated carbocycles. The van der Waals surface area contributed by atoms with Crippen molar-refractivity contribution < 1.29 is 4.74 Å². The van der Waals surface area contributed by atoms with Crippen LogP contribution in [-0.2, 0) is 13.0 Å². The first kappa shape index (κ1) is 20.0. The molecule has 0 atom stereocenters. The summed E-state index contributed by atoms with van der Waals surface area (Å²) in [5.74, 6) is 1.81. The summed E-state index contributed by atoms with van der Waals surface area (Å²) in [7, 11) is 0. The first-order valence-corrected chi connectivity index (χ1v) is 11.3. The highest BCUT2D eigenvalue weighted by molar-refractivity contribution is 5.83. The van der Waals surface area contributed by atoms with Gasteiger partial charge < -0.3 is 14.2 Å². The third-order valence-corrected chi connectivity index (χ3v) is 6.37. The molecule has 0 N–H and O–H groups in total. The molecule has 3 nitrogen and oxygen atoms in total. The Labute approximate surface area is 175 Å². The molecule has 0 spiro atoms. The molecule has 2 heterocycles. The van der Waals surface area contributed by atoms with Gasteiger partial charge in [-0.05, 0) is 86.8 Å². The molecule has 0 radical (unpaired) electrons. The van der Waals surface area contributed by atoms with E-state index in [0.717, 1.165) is 31.2 Å². The van der Waals surface area contributed by atoms with Gasteiger partial charge >= 0.3 is 0 Å². The standard InChI is InChI=1S/C26H34N2O/c1-2-23-8-6-9-24-14-20-28(26(23)24)17-7-16-27-18-12-22(13-19-27)15-21-29-25-10-4-3-5-11-25/h3-6,8-11,14,20,22H,2,7,12-13,15-19,21H2,1H3. The van der Waals surface area contributed by atoms with E-state index in [2.05, 4.69) is 46.9 Å². The summed E-state index contributed by atoms with van der Waals surface area (Å²) in [5.41, 5.74) is 2.90. The summed E-state index contributed by atoms with van der Waals surface area (Å²) in [6, 6.07) is 19.1. The van der Waals surface area contributed by atoms with Crippen molar-refractivity contribution in [1.29, 1.82) is 0 Å². The average Bonchev–Trinajstić information content (AvgIpc) is 3.19.